The number of benzene rings is 2. The highest BCUT2D eigenvalue weighted by molar-refractivity contribution is 6.31. The average Bonchev–Trinajstić information content (AvgIpc) is 2.66. The summed E-state index contributed by atoms with van der Waals surface area (Å²) in [5.74, 6) is -1.70. The van der Waals surface area contributed by atoms with Gasteiger partial charge in [-0.15, -0.1) is 0 Å². The van der Waals surface area contributed by atoms with Gasteiger partial charge in [-0.2, -0.15) is 0 Å². The van der Waals surface area contributed by atoms with Crippen molar-refractivity contribution >= 4 is 29.5 Å². The van der Waals surface area contributed by atoms with Gasteiger partial charge in [0.15, 0.2) is 0 Å². The molecule has 9 heteroatoms. The van der Waals surface area contributed by atoms with Crippen molar-refractivity contribution in [3.63, 3.8) is 0 Å². The van der Waals surface area contributed by atoms with Crippen LogP contribution in [0, 0.1) is 0 Å². The van der Waals surface area contributed by atoms with Crippen molar-refractivity contribution in [2.24, 2.45) is 4.99 Å². The van der Waals surface area contributed by atoms with Gasteiger partial charge in [-0.3, -0.25) is 19.3 Å². The van der Waals surface area contributed by atoms with E-state index in [1.54, 1.807) is 24.3 Å². The van der Waals surface area contributed by atoms with Gasteiger partial charge in [-0.25, -0.2) is 9.59 Å². The van der Waals surface area contributed by atoms with Crippen LogP contribution in [0.15, 0.2) is 63.1 Å². The van der Waals surface area contributed by atoms with Crippen LogP contribution in [0.2, 0.25) is 5.02 Å². The van der Waals surface area contributed by atoms with Gasteiger partial charge in [0.1, 0.15) is 5.56 Å². The molecular weight excluding hydrogens is 386 g/mol. The highest BCUT2D eigenvalue weighted by Gasteiger charge is 2.14. The molecule has 0 saturated carbocycles. The summed E-state index contributed by atoms with van der Waals surface area (Å²) in [6, 6.07) is 12.5. The smallest absolute Gasteiger partial charge is 0.335 e. The Hall–Kier alpha value is -3.65. The van der Waals surface area contributed by atoms with Gasteiger partial charge in [0.05, 0.1) is 17.8 Å². The molecule has 142 valence electrons. The zero-order valence-corrected chi connectivity index (χ0v) is 15.1. The number of carbonyl (C=O) groups is 1. The van der Waals surface area contributed by atoms with Crippen LogP contribution in [0.3, 0.4) is 0 Å². The predicted molar refractivity (Wildman–Crippen MR) is 104 cm³/mol. The highest BCUT2D eigenvalue weighted by Crippen LogP contribution is 2.19. The number of aromatic carboxylic acids is 1. The molecule has 2 aromatic carbocycles. The van der Waals surface area contributed by atoms with Gasteiger partial charge in [0.2, 0.25) is 5.88 Å². The Kier molecular flexibility index (Phi) is 5.42. The van der Waals surface area contributed by atoms with Crippen LogP contribution in [0.1, 0.15) is 21.5 Å². The van der Waals surface area contributed by atoms with Crippen molar-refractivity contribution in [2.45, 2.75) is 6.54 Å². The topological polar surface area (TPSA) is 125 Å². The van der Waals surface area contributed by atoms with Gasteiger partial charge in [0.25, 0.3) is 5.56 Å². The van der Waals surface area contributed by atoms with E-state index in [1.165, 1.54) is 24.3 Å². The summed E-state index contributed by atoms with van der Waals surface area (Å²) in [5, 5.41) is 19.9. The fourth-order valence-electron chi connectivity index (χ4n) is 2.49. The number of aromatic hydroxyl groups is 1. The van der Waals surface area contributed by atoms with E-state index in [2.05, 4.69) is 9.98 Å². The minimum atomic E-state index is -1.12. The third kappa shape index (κ3) is 4.02. The second-order valence-corrected chi connectivity index (χ2v) is 6.19. The van der Waals surface area contributed by atoms with Crippen LogP contribution < -0.4 is 11.2 Å². The van der Waals surface area contributed by atoms with Crippen LogP contribution in [0.4, 0.5) is 5.69 Å². The fourth-order valence-corrected chi connectivity index (χ4v) is 2.69. The molecule has 28 heavy (non-hydrogen) atoms. The molecule has 1 aromatic heterocycles. The molecule has 0 bridgehead atoms. The van der Waals surface area contributed by atoms with Crippen LogP contribution in [-0.4, -0.2) is 31.9 Å². The van der Waals surface area contributed by atoms with Gasteiger partial charge in [-0.1, -0.05) is 35.9 Å². The van der Waals surface area contributed by atoms with Crippen molar-refractivity contribution in [1.29, 1.82) is 0 Å². The molecule has 0 atom stereocenters. The summed E-state index contributed by atoms with van der Waals surface area (Å²) in [6.07, 6.45) is 1.07. The van der Waals surface area contributed by atoms with Gasteiger partial charge < -0.3 is 10.2 Å². The maximum absolute atomic E-state index is 12.1. The maximum atomic E-state index is 12.1. The number of hydrogen-bond donors (Lipinski definition) is 3. The molecule has 0 unspecified atom stereocenters. The molecule has 0 aliphatic rings. The monoisotopic (exact) mass is 399 g/mol. The van der Waals surface area contributed by atoms with E-state index < -0.39 is 23.1 Å². The number of aromatic nitrogens is 2. The van der Waals surface area contributed by atoms with Crippen molar-refractivity contribution in [1.82, 2.24) is 9.55 Å². The Morgan fingerprint density at radius 1 is 1.18 bits per heavy atom. The molecular formula is C19H14ClN3O5. The van der Waals surface area contributed by atoms with Gasteiger partial charge >= 0.3 is 11.7 Å². The number of aromatic amines is 1. The first-order valence-corrected chi connectivity index (χ1v) is 8.41. The Morgan fingerprint density at radius 3 is 2.64 bits per heavy atom. The lowest BCUT2D eigenvalue weighted by Crippen LogP contribution is -2.32. The van der Waals surface area contributed by atoms with Crippen molar-refractivity contribution < 1.29 is 15.0 Å². The molecule has 3 aromatic rings. The molecule has 0 fully saturated rings. The number of nitrogens with zero attached hydrogens (tertiary/aromatic N) is 2. The third-order valence-electron chi connectivity index (χ3n) is 3.93. The van der Waals surface area contributed by atoms with Crippen molar-refractivity contribution in [3.8, 4) is 5.88 Å². The van der Waals surface area contributed by atoms with E-state index in [0.717, 1.165) is 10.8 Å². The van der Waals surface area contributed by atoms with E-state index in [9.17, 15) is 19.5 Å². The maximum Gasteiger partial charge on any atom is 0.335 e. The quantitative estimate of drug-likeness (QED) is 0.568. The number of rotatable bonds is 5. The number of H-pyrrole nitrogens is 1. The minimum Gasteiger partial charge on any atom is -0.494 e. The molecule has 0 spiro atoms. The summed E-state index contributed by atoms with van der Waals surface area (Å²) in [4.78, 5) is 41.4. The van der Waals surface area contributed by atoms with Crippen LogP contribution in [0.25, 0.3) is 0 Å². The Morgan fingerprint density at radius 2 is 1.93 bits per heavy atom. The van der Waals surface area contributed by atoms with E-state index in [4.69, 9.17) is 16.7 Å². The summed E-state index contributed by atoms with van der Waals surface area (Å²) in [6.45, 7) is -0.0591. The molecule has 0 amide bonds. The Balaban J connectivity index is 2.01. The standard InChI is InChI=1S/C19H14ClN3O5/c20-15-7-2-1-4-12(15)10-23-17(25)14(16(24)22-19(23)28)9-21-13-6-3-5-11(8-13)18(26)27/h1-9,25H,10H2,(H,26,27)(H,22,24,28). The number of carboxylic acids is 1. The highest BCUT2D eigenvalue weighted by atomic mass is 35.5. The van der Waals surface area contributed by atoms with Crippen molar-refractivity contribution in [2.75, 3.05) is 0 Å². The third-order valence-corrected chi connectivity index (χ3v) is 4.30. The lowest BCUT2D eigenvalue weighted by molar-refractivity contribution is 0.0697. The molecule has 1 heterocycles. The van der Waals surface area contributed by atoms with E-state index in [0.29, 0.717) is 10.6 Å². The van der Waals surface area contributed by atoms with Crippen molar-refractivity contribution in [3.05, 3.63) is 91.1 Å². The number of halogens is 1. The first-order valence-electron chi connectivity index (χ1n) is 8.03. The first-order chi connectivity index (χ1) is 13.4. The lowest BCUT2D eigenvalue weighted by atomic mass is 10.2. The van der Waals surface area contributed by atoms with Crippen LogP contribution in [0.5, 0.6) is 5.88 Å². The first kappa shape index (κ1) is 19.1. The number of carboxylic acid groups (broad SMARTS) is 1. The summed E-state index contributed by atoms with van der Waals surface area (Å²) >= 11 is 6.09. The Labute approximate surface area is 163 Å². The zero-order chi connectivity index (χ0) is 20.3. The molecule has 0 saturated heterocycles. The van der Waals surface area contributed by atoms with Crippen LogP contribution >= 0.6 is 11.6 Å². The summed E-state index contributed by atoms with van der Waals surface area (Å²) in [7, 11) is 0. The summed E-state index contributed by atoms with van der Waals surface area (Å²) in [5.41, 5.74) is -0.999. The molecule has 0 aliphatic heterocycles. The fraction of sp³-hybridized carbons (Fsp3) is 0.0526. The lowest BCUT2D eigenvalue weighted by Gasteiger charge is -2.10. The second kappa shape index (κ2) is 7.93. The van der Waals surface area contributed by atoms with Gasteiger partial charge in [-0.05, 0) is 29.8 Å². The van der Waals surface area contributed by atoms with Crippen LogP contribution in [-0.2, 0) is 6.54 Å². The molecule has 0 aliphatic carbocycles. The minimum absolute atomic E-state index is 0.0245. The predicted octanol–water partition coefficient (Wildman–Crippen LogP) is 2.39. The second-order valence-electron chi connectivity index (χ2n) is 5.79. The van der Waals surface area contributed by atoms with E-state index in [-0.39, 0.29) is 23.4 Å². The largest absolute Gasteiger partial charge is 0.494 e. The molecule has 8 nitrogen and oxygen atoms in total. The Bertz CT molecular complexity index is 1200. The zero-order valence-electron chi connectivity index (χ0n) is 14.3. The van der Waals surface area contributed by atoms with E-state index in [1.807, 2.05) is 0 Å². The molecule has 3 N–H and O–H groups in total. The number of aliphatic imine (C=N–C) groups is 1. The molecule has 3 rings (SSSR count). The normalized spacial score (nSPS) is 11.0. The SMILES string of the molecule is O=C(O)c1cccc(N=Cc2c(O)n(Cc3ccccc3Cl)c(=O)[nH]c2=O)c1. The number of hydrogen-bond acceptors (Lipinski definition) is 5. The summed E-state index contributed by atoms with van der Waals surface area (Å²) < 4.78 is 0.956. The molecule has 0 radical (unpaired) electrons. The number of nitrogens with one attached hydrogen (secondary N) is 1. The van der Waals surface area contributed by atoms with Gasteiger partial charge in [0, 0.05) is 11.2 Å². The average molecular weight is 400 g/mol. The van der Waals surface area contributed by atoms with E-state index >= 15 is 0 Å².